The topological polar surface area (TPSA) is 54.6 Å². The minimum absolute atomic E-state index is 0.150. The average Bonchev–Trinajstić information content (AvgIpc) is 3.02. The second kappa shape index (κ2) is 5.85. The molecule has 4 nitrogen and oxygen atoms in total. The molecule has 2 aromatic rings. The van der Waals surface area contributed by atoms with Gasteiger partial charge in [-0.1, -0.05) is 12.1 Å². The van der Waals surface area contributed by atoms with Crippen molar-refractivity contribution in [1.29, 1.82) is 0 Å². The van der Waals surface area contributed by atoms with Crippen molar-refractivity contribution in [3.05, 3.63) is 57.9 Å². The predicted molar refractivity (Wildman–Crippen MR) is 90.2 cm³/mol. The lowest BCUT2D eigenvalue weighted by atomic mass is 10.1. The number of amidine groups is 1. The molecule has 1 N–H and O–H groups in total. The number of carbonyl (C=O) groups excluding carboxylic acids is 1. The molecule has 3 rings (SSSR count). The minimum Gasteiger partial charge on any atom is -0.462 e. The number of aliphatic imine (C=N–C) groups is 1. The molecule has 0 atom stereocenters. The maximum atomic E-state index is 12.0. The predicted octanol–water partition coefficient (Wildman–Crippen LogP) is 4.10. The fourth-order valence-corrected chi connectivity index (χ4v) is 2.92. The van der Waals surface area contributed by atoms with Gasteiger partial charge in [-0.15, -0.1) is 0 Å². The molecule has 1 aliphatic heterocycles. The zero-order valence-electron chi connectivity index (χ0n) is 12.6. The normalized spacial score (nSPS) is 18.2. The molecular weight excluding hydrogens is 296 g/mol. The Morgan fingerprint density at radius 2 is 2.00 bits per heavy atom. The van der Waals surface area contributed by atoms with Crippen LogP contribution >= 0.6 is 11.8 Å². The molecule has 0 aliphatic carbocycles. The summed E-state index contributed by atoms with van der Waals surface area (Å²) in [5, 5.41) is 3.38. The summed E-state index contributed by atoms with van der Waals surface area (Å²) in [7, 11) is 0. The monoisotopic (exact) mass is 312 g/mol. The first kappa shape index (κ1) is 14.7. The second-order valence-electron chi connectivity index (χ2n) is 5.15. The number of rotatable bonds is 2. The maximum absolute atomic E-state index is 12.0. The van der Waals surface area contributed by atoms with Crippen molar-refractivity contribution >= 4 is 34.6 Å². The number of nitrogens with one attached hydrogen (secondary N) is 1. The number of amides is 1. The third kappa shape index (κ3) is 2.99. The quantitative estimate of drug-likeness (QED) is 0.850. The van der Waals surface area contributed by atoms with E-state index in [2.05, 4.69) is 10.3 Å². The molecule has 112 valence electrons. The van der Waals surface area contributed by atoms with Gasteiger partial charge in [-0.05, 0) is 61.9 Å². The highest BCUT2D eigenvalue weighted by atomic mass is 32.2. The van der Waals surface area contributed by atoms with Crippen LogP contribution in [0.2, 0.25) is 0 Å². The second-order valence-corrected chi connectivity index (χ2v) is 6.18. The number of thioether (sulfide) groups is 1. The number of hydrogen-bond donors (Lipinski definition) is 1. The first-order valence-corrected chi connectivity index (χ1v) is 7.77. The fraction of sp³-hybridized carbons (Fsp3) is 0.176. The third-order valence-corrected chi connectivity index (χ3v) is 4.39. The molecule has 0 saturated carbocycles. The Morgan fingerprint density at radius 1 is 1.18 bits per heavy atom. The van der Waals surface area contributed by atoms with Crippen LogP contribution in [-0.2, 0) is 4.79 Å². The lowest BCUT2D eigenvalue weighted by Crippen LogP contribution is -2.19. The summed E-state index contributed by atoms with van der Waals surface area (Å²) in [6.07, 6.45) is 1.73. The minimum atomic E-state index is -0.150. The van der Waals surface area contributed by atoms with Gasteiger partial charge in [0.05, 0.1) is 10.6 Å². The lowest BCUT2D eigenvalue weighted by molar-refractivity contribution is -0.115. The highest BCUT2D eigenvalue weighted by Crippen LogP contribution is 2.30. The molecule has 1 saturated heterocycles. The maximum Gasteiger partial charge on any atom is 0.264 e. The van der Waals surface area contributed by atoms with Crippen LogP contribution in [0.3, 0.4) is 0 Å². The van der Waals surface area contributed by atoms with E-state index in [0.29, 0.717) is 15.8 Å². The molecule has 1 fully saturated rings. The zero-order valence-corrected chi connectivity index (χ0v) is 13.5. The van der Waals surface area contributed by atoms with E-state index >= 15 is 0 Å². The molecule has 0 spiro atoms. The molecule has 5 heteroatoms. The summed E-state index contributed by atoms with van der Waals surface area (Å²) in [6, 6.07) is 9.67. The summed E-state index contributed by atoms with van der Waals surface area (Å²) >= 11 is 1.32. The van der Waals surface area contributed by atoms with Crippen LogP contribution in [0.25, 0.3) is 6.08 Å². The van der Waals surface area contributed by atoms with E-state index in [-0.39, 0.29) is 5.91 Å². The summed E-state index contributed by atoms with van der Waals surface area (Å²) in [5.74, 6) is 1.34. The van der Waals surface area contributed by atoms with E-state index in [9.17, 15) is 4.79 Å². The largest absolute Gasteiger partial charge is 0.462 e. The van der Waals surface area contributed by atoms with Crippen molar-refractivity contribution < 1.29 is 9.21 Å². The van der Waals surface area contributed by atoms with Crippen molar-refractivity contribution in [2.24, 2.45) is 4.99 Å². The third-order valence-electron chi connectivity index (χ3n) is 3.48. The Morgan fingerprint density at radius 3 is 2.73 bits per heavy atom. The Kier molecular flexibility index (Phi) is 3.90. The van der Waals surface area contributed by atoms with Gasteiger partial charge in [-0.3, -0.25) is 4.79 Å². The Labute approximate surface area is 133 Å². The Hall–Kier alpha value is -2.27. The van der Waals surface area contributed by atoms with Crippen LogP contribution in [0.4, 0.5) is 5.69 Å². The van der Waals surface area contributed by atoms with Crippen LogP contribution in [0.5, 0.6) is 0 Å². The highest BCUT2D eigenvalue weighted by Gasteiger charge is 2.24. The van der Waals surface area contributed by atoms with Crippen molar-refractivity contribution in [3.63, 3.8) is 0 Å². The average molecular weight is 312 g/mol. The summed E-state index contributed by atoms with van der Waals surface area (Å²) in [4.78, 5) is 17.1. The van der Waals surface area contributed by atoms with Crippen molar-refractivity contribution in [2.45, 2.75) is 20.8 Å². The molecule has 2 heterocycles. The molecular formula is C17H16N2O2S. The van der Waals surface area contributed by atoms with Gasteiger partial charge in [0.2, 0.25) is 0 Å². The number of furan rings is 1. The molecule has 1 amide bonds. The number of carbonyl (C=O) groups is 1. The lowest BCUT2D eigenvalue weighted by Gasteiger charge is -2.04. The summed E-state index contributed by atoms with van der Waals surface area (Å²) < 4.78 is 5.47. The van der Waals surface area contributed by atoms with Crippen molar-refractivity contribution in [1.82, 2.24) is 5.32 Å². The van der Waals surface area contributed by atoms with Crippen LogP contribution in [0.15, 0.2) is 44.6 Å². The first-order valence-electron chi connectivity index (χ1n) is 6.95. The van der Waals surface area contributed by atoms with Gasteiger partial charge in [0, 0.05) is 6.08 Å². The highest BCUT2D eigenvalue weighted by molar-refractivity contribution is 8.18. The van der Waals surface area contributed by atoms with E-state index in [1.165, 1.54) is 17.3 Å². The molecule has 0 unspecified atom stereocenters. The van der Waals surface area contributed by atoms with Gasteiger partial charge < -0.3 is 9.73 Å². The summed E-state index contributed by atoms with van der Waals surface area (Å²) in [6.45, 7) is 5.94. The van der Waals surface area contributed by atoms with Gasteiger partial charge in [-0.25, -0.2) is 4.99 Å². The SMILES string of the molecule is Cc1ccc(/C=C2\SC(=Nc3cccc(C)c3C)NC2=O)o1. The Balaban J connectivity index is 1.87. The van der Waals surface area contributed by atoms with Crippen LogP contribution in [-0.4, -0.2) is 11.1 Å². The van der Waals surface area contributed by atoms with E-state index in [1.54, 1.807) is 6.08 Å². The molecule has 0 bridgehead atoms. The van der Waals surface area contributed by atoms with E-state index in [0.717, 1.165) is 17.0 Å². The number of benzene rings is 1. The zero-order chi connectivity index (χ0) is 15.7. The number of nitrogens with zero attached hydrogens (tertiary/aromatic N) is 1. The molecule has 1 aromatic carbocycles. The van der Waals surface area contributed by atoms with Crippen LogP contribution < -0.4 is 5.32 Å². The number of aryl methyl sites for hydroxylation is 2. The molecule has 1 aromatic heterocycles. The van der Waals surface area contributed by atoms with Crippen molar-refractivity contribution in [3.8, 4) is 0 Å². The van der Waals surface area contributed by atoms with E-state index in [1.807, 2.05) is 51.1 Å². The van der Waals surface area contributed by atoms with E-state index < -0.39 is 0 Å². The van der Waals surface area contributed by atoms with Gasteiger partial charge in [0.15, 0.2) is 5.17 Å². The summed E-state index contributed by atoms with van der Waals surface area (Å²) in [5.41, 5.74) is 3.17. The van der Waals surface area contributed by atoms with Crippen LogP contribution in [0.1, 0.15) is 22.6 Å². The molecule has 22 heavy (non-hydrogen) atoms. The van der Waals surface area contributed by atoms with E-state index in [4.69, 9.17) is 4.42 Å². The van der Waals surface area contributed by atoms with Gasteiger partial charge >= 0.3 is 0 Å². The van der Waals surface area contributed by atoms with Gasteiger partial charge in [0.25, 0.3) is 5.91 Å². The van der Waals surface area contributed by atoms with Gasteiger partial charge in [-0.2, -0.15) is 0 Å². The van der Waals surface area contributed by atoms with Crippen LogP contribution in [0, 0.1) is 20.8 Å². The van der Waals surface area contributed by atoms with Gasteiger partial charge in [0.1, 0.15) is 11.5 Å². The standard InChI is InChI=1S/C17H16N2O2S/c1-10-5-4-6-14(12(10)3)18-17-19-16(20)15(22-17)9-13-8-7-11(2)21-13/h4-9H,1-3H3,(H,18,19,20)/b15-9-. The molecule has 1 aliphatic rings. The van der Waals surface area contributed by atoms with Crippen molar-refractivity contribution in [2.75, 3.05) is 0 Å². The Bertz CT molecular complexity index is 803. The number of hydrogen-bond acceptors (Lipinski definition) is 4. The fourth-order valence-electron chi connectivity index (χ4n) is 2.11. The first-order chi connectivity index (χ1) is 10.5. The smallest absolute Gasteiger partial charge is 0.264 e. The molecule has 0 radical (unpaired) electrons.